The molecule has 4 aliphatic heterocycles. The molecular formula is C60H94Cl3N11O15. The van der Waals surface area contributed by atoms with Gasteiger partial charge < -0.3 is 93.2 Å². The number of aliphatic hydroxyl groups excluding tert-OH is 6. The van der Waals surface area contributed by atoms with Crippen molar-refractivity contribution in [1.82, 2.24) is 41.3 Å². The molecule has 2 aromatic carbocycles. The van der Waals surface area contributed by atoms with Gasteiger partial charge in [-0.15, -0.1) is 37.2 Å². The SMILES string of the molecule is C[C@@H](O)[C@@H]1NC(=O)[C@@H](NC(=O)c2ccc(N3CCN(C4CCC(C5CCCCC5)CC4)CC3)cc2)C[C@@H](O)CNC(=O)[C@@H]2[C@@H](O)[C@@H](C)CN2C(=O)[C@H]([C@H](O)CCN)NC(=O)[C@H]([C@H](O)Cc2ccc(O)c(OCCN)c2)NC(=O)[C@@H]2C[C@@H](O)CN2C1=O.Cl.Cl.Cl. The summed E-state index contributed by atoms with van der Waals surface area (Å²) in [4.78, 5) is 108. The van der Waals surface area contributed by atoms with Crippen LogP contribution in [0.25, 0.3) is 0 Å². The number of nitrogens with two attached hydrogens (primary N) is 2. The molecule has 4 saturated heterocycles. The molecule has 13 atom stereocenters. The van der Waals surface area contributed by atoms with Gasteiger partial charge in [-0.05, 0) is 99.4 Å². The number of fused-ring (bicyclic) bond motifs is 2. The van der Waals surface area contributed by atoms with Crippen molar-refractivity contribution < 1.29 is 74.0 Å². The number of rotatable bonds is 15. The number of nitrogens with one attached hydrogen (secondary N) is 5. The molecule has 0 spiro atoms. The number of ether oxygens (including phenoxy) is 1. The van der Waals surface area contributed by atoms with Gasteiger partial charge in [-0.25, -0.2) is 0 Å². The lowest BCUT2D eigenvalue weighted by atomic mass is 9.72. The molecule has 7 amide bonds. The van der Waals surface area contributed by atoms with Gasteiger partial charge in [-0.3, -0.25) is 38.5 Å². The Morgan fingerprint density at radius 1 is 0.697 bits per heavy atom. The van der Waals surface area contributed by atoms with Gasteiger partial charge in [0.15, 0.2) is 11.5 Å². The van der Waals surface area contributed by atoms with Gasteiger partial charge in [-0.2, -0.15) is 0 Å². The van der Waals surface area contributed by atoms with Crippen LogP contribution in [0.3, 0.4) is 0 Å². The van der Waals surface area contributed by atoms with Gasteiger partial charge in [0.2, 0.25) is 35.4 Å². The van der Waals surface area contributed by atoms with Crippen molar-refractivity contribution >= 4 is 84.3 Å². The van der Waals surface area contributed by atoms with Crippen LogP contribution < -0.4 is 47.7 Å². The summed E-state index contributed by atoms with van der Waals surface area (Å²) >= 11 is 0. The molecular weight excluding hydrogens is 1220 g/mol. The van der Waals surface area contributed by atoms with Gasteiger partial charge >= 0.3 is 0 Å². The van der Waals surface area contributed by atoms with E-state index < -0.39 is 152 Å². The molecule has 2 aliphatic carbocycles. The molecule has 0 bridgehead atoms. The van der Waals surface area contributed by atoms with Crippen molar-refractivity contribution in [1.29, 1.82) is 0 Å². The van der Waals surface area contributed by atoms with E-state index in [2.05, 4.69) is 36.4 Å². The van der Waals surface area contributed by atoms with Gasteiger partial charge in [-0.1, -0.05) is 45.1 Å². The fraction of sp³-hybridized carbons (Fsp3) is 0.683. The van der Waals surface area contributed by atoms with E-state index >= 15 is 0 Å². The molecule has 6 aliphatic rings. The molecule has 500 valence electrons. The summed E-state index contributed by atoms with van der Waals surface area (Å²) in [6.07, 6.45) is 0.332. The highest BCUT2D eigenvalue weighted by molar-refractivity contribution is 6.00. The number of amides is 7. The zero-order valence-corrected chi connectivity index (χ0v) is 53.1. The number of phenols is 1. The number of hydrogen-bond acceptors (Lipinski definition) is 19. The number of anilines is 1. The summed E-state index contributed by atoms with van der Waals surface area (Å²) in [7, 11) is 0. The lowest BCUT2D eigenvalue weighted by Crippen LogP contribution is -2.64. The fourth-order valence-electron chi connectivity index (χ4n) is 13.5. The predicted octanol–water partition coefficient (Wildman–Crippen LogP) is -1.45. The third-order valence-corrected chi connectivity index (χ3v) is 18.4. The molecule has 6 fully saturated rings. The predicted molar refractivity (Wildman–Crippen MR) is 335 cm³/mol. The Kier molecular flexibility index (Phi) is 28.7. The van der Waals surface area contributed by atoms with E-state index in [1.165, 1.54) is 82.9 Å². The second kappa shape index (κ2) is 34.3. The van der Waals surface area contributed by atoms with Crippen LogP contribution in [0.5, 0.6) is 11.5 Å². The quantitative estimate of drug-likeness (QED) is 0.0970. The molecule has 2 aromatic rings. The van der Waals surface area contributed by atoms with Crippen molar-refractivity contribution in [3.63, 3.8) is 0 Å². The second-order valence-corrected chi connectivity index (χ2v) is 24.6. The smallest absolute Gasteiger partial charge is 0.251 e. The molecule has 89 heavy (non-hydrogen) atoms. The number of carbonyl (C=O) groups excluding carboxylic acids is 7. The number of halogens is 3. The molecule has 0 aromatic heterocycles. The summed E-state index contributed by atoms with van der Waals surface area (Å²) in [5.41, 5.74) is 12.7. The van der Waals surface area contributed by atoms with Gasteiger partial charge in [0, 0.05) is 94.8 Å². The zero-order valence-electron chi connectivity index (χ0n) is 50.6. The third kappa shape index (κ3) is 18.7. The monoisotopic (exact) mass is 1310 g/mol. The molecule has 29 heteroatoms. The van der Waals surface area contributed by atoms with Gasteiger partial charge in [0.05, 0.1) is 36.6 Å². The number of benzene rings is 2. The minimum absolute atomic E-state index is 0. The molecule has 0 unspecified atom stereocenters. The summed E-state index contributed by atoms with van der Waals surface area (Å²) < 4.78 is 5.52. The summed E-state index contributed by atoms with van der Waals surface area (Å²) in [5, 5.41) is 91.5. The number of hydrogen-bond donors (Lipinski definition) is 14. The Morgan fingerprint density at radius 2 is 1.33 bits per heavy atom. The van der Waals surface area contributed by atoms with Crippen LogP contribution in [0.15, 0.2) is 42.5 Å². The fourth-order valence-corrected chi connectivity index (χ4v) is 13.5. The normalized spacial score (nSPS) is 30.0. The van der Waals surface area contributed by atoms with E-state index in [4.69, 9.17) is 16.2 Å². The maximum absolute atomic E-state index is 14.7. The zero-order chi connectivity index (χ0) is 61.9. The van der Waals surface area contributed by atoms with E-state index in [-0.39, 0.29) is 92.5 Å². The number of phenolic OH excluding ortho intramolecular Hbond substituents is 1. The third-order valence-electron chi connectivity index (χ3n) is 18.4. The van der Waals surface area contributed by atoms with E-state index in [1.807, 2.05) is 12.1 Å². The molecule has 16 N–H and O–H groups in total. The lowest BCUT2D eigenvalue weighted by molar-refractivity contribution is -0.147. The Morgan fingerprint density at radius 3 is 1.97 bits per heavy atom. The van der Waals surface area contributed by atoms with E-state index in [0.29, 0.717) is 6.04 Å². The van der Waals surface area contributed by atoms with Crippen molar-refractivity contribution in [2.75, 3.05) is 70.4 Å². The summed E-state index contributed by atoms with van der Waals surface area (Å²) in [6, 6.07) is 0.683. The molecule has 0 radical (unpaired) electrons. The maximum Gasteiger partial charge on any atom is 0.251 e. The lowest BCUT2D eigenvalue weighted by Gasteiger charge is -2.44. The minimum Gasteiger partial charge on any atom is -0.504 e. The Balaban J connectivity index is 0.00000480. The maximum atomic E-state index is 14.7. The number of piperazine rings is 1. The highest BCUT2D eigenvalue weighted by atomic mass is 35.5. The van der Waals surface area contributed by atoms with Crippen LogP contribution in [0.4, 0.5) is 5.69 Å². The minimum atomic E-state index is -2.02. The number of aromatic hydroxyl groups is 1. The second-order valence-electron chi connectivity index (χ2n) is 24.6. The first-order valence-corrected chi connectivity index (χ1v) is 30.8. The first-order chi connectivity index (χ1) is 41.1. The van der Waals surface area contributed by atoms with Crippen molar-refractivity contribution in [2.24, 2.45) is 29.2 Å². The van der Waals surface area contributed by atoms with Crippen molar-refractivity contribution in [3.8, 4) is 11.5 Å². The number of aliphatic hydroxyl groups is 6. The van der Waals surface area contributed by atoms with Crippen LogP contribution in [-0.2, 0) is 35.2 Å². The number of β-amino-alcohol motifs (C(OH)–C–C–N with tert-alkyl or cyclic N) is 1. The van der Waals surface area contributed by atoms with Gasteiger partial charge in [0.1, 0.15) is 42.9 Å². The highest BCUT2D eigenvalue weighted by Gasteiger charge is 2.50. The average molecular weight is 1320 g/mol. The Hall–Kier alpha value is -5.36. The van der Waals surface area contributed by atoms with Crippen LogP contribution in [0.2, 0.25) is 0 Å². The van der Waals surface area contributed by atoms with Crippen LogP contribution in [0, 0.1) is 17.8 Å². The van der Waals surface area contributed by atoms with Crippen LogP contribution >= 0.6 is 37.2 Å². The largest absolute Gasteiger partial charge is 0.504 e. The Bertz CT molecular complexity index is 2670. The molecule has 4 heterocycles. The summed E-state index contributed by atoms with van der Waals surface area (Å²) in [6.45, 7) is 4.67. The Labute approximate surface area is 538 Å². The van der Waals surface area contributed by atoms with E-state index in [1.54, 1.807) is 19.1 Å². The average Bonchev–Trinajstić information content (AvgIpc) is 1.85. The van der Waals surface area contributed by atoms with Crippen LogP contribution in [-0.4, -0.2) is 236 Å². The highest BCUT2D eigenvalue weighted by Crippen LogP contribution is 2.40. The standard InChI is InChI=1S/C60H91N11O15.3ClH/c1-33-31-71-52(53(33)78)58(83)63-30-41(73)28-43(64-54(79)38-11-15-40(16-12-38)69-23-21-68(22-24-69)39-13-9-37(10-14-39)36-6-4-3-5-7-36)55(80)65-49(34(2)72)59(84)70-32-42(74)29-44(70)56(81)66-50(57(82)67-51(60(71)85)46(76)18-19-61)47(77)26-35-8-17-45(75)48(27-35)86-25-20-62;;;/h8,11-12,15-17,27,33-34,36-37,39,41-44,46-47,49-53,72-78H,3-7,9-10,13-14,18-26,28-32,61-62H2,1-2H3,(H,63,83)(H,64,79)(H,65,80)(H,66,81)(H,67,82);3*1H/t33-,34+,37?,39?,41+,42+,43-,44-,46+,47+,49-,50-,51-,52-,53-;;;/m0.../s1. The first kappa shape index (κ1) is 74.4. The number of nitrogens with zero attached hydrogens (tertiary/aromatic N) is 4. The number of carbonyl (C=O) groups is 7. The van der Waals surface area contributed by atoms with Crippen molar-refractivity contribution in [2.45, 2.75) is 176 Å². The topological polar surface area (TPSA) is 395 Å². The van der Waals surface area contributed by atoms with E-state index in [9.17, 15) is 69.3 Å². The first-order valence-electron chi connectivity index (χ1n) is 30.8. The van der Waals surface area contributed by atoms with Gasteiger partial charge in [0.25, 0.3) is 5.91 Å². The molecule has 8 rings (SSSR count). The van der Waals surface area contributed by atoms with E-state index in [0.717, 1.165) is 53.5 Å². The summed E-state index contributed by atoms with van der Waals surface area (Å²) in [5.74, 6) is -6.62. The van der Waals surface area contributed by atoms with Crippen molar-refractivity contribution in [3.05, 3.63) is 53.6 Å². The van der Waals surface area contributed by atoms with Crippen LogP contribution in [0.1, 0.15) is 107 Å². The molecule has 26 nitrogen and oxygen atoms in total. The molecule has 2 saturated carbocycles.